The van der Waals surface area contributed by atoms with Crippen LogP contribution in [0.3, 0.4) is 0 Å². The van der Waals surface area contributed by atoms with E-state index in [1.54, 1.807) is 0 Å². The normalized spacial score (nSPS) is 21.2. The van der Waals surface area contributed by atoms with Gasteiger partial charge >= 0.3 is 6.03 Å². The van der Waals surface area contributed by atoms with Gasteiger partial charge in [-0.25, -0.2) is 4.79 Å². The van der Waals surface area contributed by atoms with E-state index < -0.39 is 0 Å². The summed E-state index contributed by atoms with van der Waals surface area (Å²) in [4.78, 5) is 30.3. The number of nitrogens with one attached hydrogen (secondary N) is 1. The van der Waals surface area contributed by atoms with Gasteiger partial charge < -0.3 is 20.0 Å². The average molecular weight is 365 g/mol. The summed E-state index contributed by atoms with van der Waals surface area (Å²) in [7, 11) is 0. The molecular weight excluding hydrogens is 340 g/mol. The molecule has 2 heterocycles. The van der Waals surface area contributed by atoms with Gasteiger partial charge in [0.1, 0.15) is 0 Å². The van der Waals surface area contributed by atoms with Crippen LogP contribution in [0, 0.1) is 0 Å². The summed E-state index contributed by atoms with van der Waals surface area (Å²) in [5, 5.41) is 3.73. The number of anilines is 1. The van der Waals surface area contributed by atoms with Crippen molar-refractivity contribution in [3.05, 3.63) is 29.3 Å². The molecule has 2 aliphatic heterocycles. The van der Waals surface area contributed by atoms with Gasteiger partial charge in [-0.3, -0.25) is 4.79 Å². The number of piperazine rings is 1. The van der Waals surface area contributed by atoms with E-state index in [4.69, 9.17) is 11.6 Å². The molecule has 2 saturated heterocycles. The Bertz CT molecular complexity index is 644. The summed E-state index contributed by atoms with van der Waals surface area (Å²) in [5.41, 5.74) is 1.08. The molecule has 1 atom stereocenters. The first kappa shape index (κ1) is 17.9. The minimum atomic E-state index is -0.0895. The SMILES string of the molecule is CC(C)N1CC(NC(=O)N2CCN(c3cccc(Cl)c3)CC2)CC1=O. The van der Waals surface area contributed by atoms with Gasteiger partial charge in [-0.1, -0.05) is 17.7 Å². The molecule has 2 fully saturated rings. The van der Waals surface area contributed by atoms with Crippen molar-refractivity contribution in [2.45, 2.75) is 32.4 Å². The number of benzene rings is 1. The molecule has 1 aromatic carbocycles. The lowest BCUT2D eigenvalue weighted by Gasteiger charge is -2.36. The topological polar surface area (TPSA) is 55.9 Å². The molecule has 0 radical (unpaired) electrons. The Labute approximate surface area is 153 Å². The van der Waals surface area contributed by atoms with Crippen LogP contribution in [0.5, 0.6) is 0 Å². The van der Waals surface area contributed by atoms with Crippen molar-refractivity contribution in [2.24, 2.45) is 0 Å². The monoisotopic (exact) mass is 364 g/mol. The zero-order chi connectivity index (χ0) is 18.0. The van der Waals surface area contributed by atoms with Crippen LogP contribution < -0.4 is 10.2 Å². The van der Waals surface area contributed by atoms with Gasteiger partial charge in [-0.2, -0.15) is 0 Å². The smallest absolute Gasteiger partial charge is 0.317 e. The van der Waals surface area contributed by atoms with Crippen LogP contribution in [0.4, 0.5) is 10.5 Å². The van der Waals surface area contributed by atoms with Gasteiger partial charge in [-0.05, 0) is 32.0 Å². The van der Waals surface area contributed by atoms with Gasteiger partial charge in [0.15, 0.2) is 0 Å². The molecule has 0 aliphatic carbocycles. The first-order chi connectivity index (χ1) is 11.9. The summed E-state index contributed by atoms with van der Waals surface area (Å²) in [6.07, 6.45) is 0.395. The molecule has 0 spiro atoms. The number of amides is 3. The molecule has 1 unspecified atom stereocenters. The largest absolute Gasteiger partial charge is 0.368 e. The lowest BCUT2D eigenvalue weighted by Crippen LogP contribution is -2.54. The fraction of sp³-hybridized carbons (Fsp3) is 0.556. The molecule has 136 valence electrons. The summed E-state index contributed by atoms with van der Waals surface area (Å²) in [6.45, 7) is 7.46. The molecule has 3 rings (SSSR count). The molecular formula is C18H25ClN4O2. The van der Waals surface area contributed by atoms with Crippen LogP contribution in [-0.2, 0) is 4.79 Å². The fourth-order valence-electron chi connectivity index (χ4n) is 3.43. The lowest BCUT2D eigenvalue weighted by atomic mass is 10.2. The Morgan fingerprint density at radius 3 is 2.56 bits per heavy atom. The minimum absolute atomic E-state index is 0.0749. The number of carbonyl (C=O) groups is 2. The molecule has 0 aromatic heterocycles. The maximum atomic E-state index is 12.5. The van der Waals surface area contributed by atoms with Gasteiger partial charge in [0.2, 0.25) is 5.91 Å². The maximum Gasteiger partial charge on any atom is 0.317 e. The number of hydrogen-bond donors (Lipinski definition) is 1. The van der Waals surface area contributed by atoms with Gasteiger partial charge in [0, 0.05) is 55.9 Å². The Kier molecular flexibility index (Phi) is 5.37. The van der Waals surface area contributed by atoms with Gasteiger partial charge in [-0.15, -0.1) is 0 Å². The van der Waals surface area contributed by atoms with Crippen molar-refractivity contribution >= 4 is 29.2 Å². The Morgan fingerprint density at radius 1 is 1.24 bits per heavy atom. The summed E-state index contributed by atoms with van der Waals surface area (Å²) < 4.78 is 0. The Balaban J connectivity index is 1.50. The summed E-state index contributed by atoms with van der Waals surface area (Å²) in [5.74, 6) is 0.117. The van der Waals surface area contributed by atoms with E-state index in [0.29, 0.717) is 26.1 Å². The van der Waals surface area contributed by atoms with Crippen LogP contribution >= 0.6 is 11.6 Å². The molecule has 25 heavy (non-hydrogen) atoms. The van der Waals surface area contributed by atoms with E-state index in [1.807, 2.05) is 47.9 Å². The molecule has 1 N–H and O–H groups in total. The van der Waals surface area contributed by atoms with Crippen LogP contribution in [-0.4, -0.2) is 66.5 Å². The van der Waals surface area contributed by atoms with E-state index in [9.17, 15) is 9.59 Å². The zero-order valence-corrected chi connectivity index (χ0v) is 15.5. The molecule has 7 heteroatoms. The summed E-state index contributed by atoms with van der Waals surface area (Å²) >= 11 is 6.05. The minimum Gasteiger partial charge on any atom is -0.368 e. The van der Waals surface area contributed by atoms with Crippen molar-refractivity contribution in [2.75, 3.05) is 37.6 Å². The number of hydrogen-bond acceptors (Lipinski definition) is 3. The first-order valence-corrected chi connectivity index (χ1v) is 9.17. The van der Waals surface area contributed by atoms with Crippen molar-refractivity contribution in [1.82, 2.24) is 15.1 Å². The van der Waals surface area contributed by atoms with E-state index in [2.05, 4.69) is 10.2 Å². The van der Waals surface area contributed by atoms with Gasteiger partial charge in [0.05, 0.1) is 6.04 Å². The highest BCUT2D eigenvalue weighted by molar-refractivity contribution is 6.30. The standard InChI is InChI=1S/C18H25ClN4O2/c1-13(2)23-12-15(11-17(23)24)20-18(25)22-8-6-21(7-9-22)16-5-3-4-14(19)10-16/h3-5,10,13,15H,6-9,11-12H2,1-2H3,(H,20,25). The molecule has 0 saturated carbocycles. The van der Waals surface area contributed by atoms with Crippen molar-refractivity contribution in [3.8, 4) is 0 Å². The number of nitrogens with zero attached hydrogens (tertiary/aromatic N) is 3. The maximum absolute atomic E-state index is 12.5. The third kappa shape index (κ3) is 4.18. The first-order valence-electron chi connectivity index (χ1n) is 8.79. The second kappa shape index (κ2) is 7.52. The lowest BCUT2D eigenvalue weighted by molar-refractivity contribution is -0.129. The molecule has 0 bridgehead atoms. The van der Waals surface area contributed by atoms with Crippen LogP contribution in [0.1, 0.15) is 20.3 Å². The molecule has 1 aromatic rings. The summed E-state index contributed by atoms with van der Waals surface area (Å²) in [6, 6.07) is 7.79. The second-order valence-electron chi connectivity index (χ2n) is 6.94. The highest BCUT2D eigenvalue weighted by Crippen LogP contribution is 2.21. The van der Waals surface area contributed by atoms with Crippen LogP contribution in [0.2, 0.25) is 5.02 Å². The number of rotatable bonds is 3. The zero-order valence-electron chi connectivity index (χ0n) is 14.7. The third-order valence-electron chi connectivity index (χ3n) is 4.85. The second-order valence-corrected chi connectivity index (χ2v) is 7.38. The van der Waals surface area contributed by atoms with Crippen molar-refractivity contribution < 1.29 is 9.59 Å². The fourth-order valence-corrected chi connectivity index (χ4v) is 3.62. The predicted molar refractivity (Wildman–Crippen MR) is 99.0 cm³/mol. The number of carbonyl (C=O) groups excluding carboxylic acids is 2. The highest BCUT2D eigenvalue weighted by Gasteiger charge is 2.33. The molecule has 3 amide bonds. The van der Waals surface area contributed by atoms with Crippen LogP contribution in [0.15, 0.2) is 24.3 Å². The van der Waals surface area contributed by atoms with E-state index in [0.717, 1.165) is 23.8 Å². The van der Waals surface area contributed by atoms with E-state index in [-0.39, 0.29) is 24.0 Å². The van der Waals surface area contributed by atoms with Gasteiger partial charge in [0.25, 0.3) is 0 Å². The molecule has 2 aliphatic rings. The Morgan fingerprint density at radius 2 is 1.96 bits per heavy atom. The number of halogens is 1. The number of urea groups is 1. The average Bonchev–Trinajstić information content (AvgIpc) is 2.95. The Hall–Kier alpha value is -1.95. The quantitative estimate of drug-likeness (QED) is 0.894. The van der Waals surface area contributed by atoms with E-state index >= 15 is 0 Å². The predicted octanol–water partition coefficient (Wildman–Crippen LogP) is 2.18. The molecule has 6 nitrogen and oxygen atoms in total. The van der Waals surface area contributed by atoms with Crippen molar-refractivity contribution in [1.29, 1.82) is 0 Å². The van der Waals surface area contributed by atoms with Crippen molar-refractivity contribution in [3.63, 3.8) is 0 Å². The van der Waals surface area contributed by atoms with Crippen LogP contribution in [0.25, 0.3) is 0 Å². The number of likely N-dealkylation sites (tertiary alicyclic amines) is 1. The van der Waals surface area contributed by atoms with E-state index in [1.165, 1.54) is 0 Å². The third-order valence-corrected chi connectivity index (χ3v) is 5.08. The highest BCUT2D eigenvalue weighted by atomic mass is 35.5.